The van der Waals surface area contributed by atoms with Gasteiger partial charge in [0.1, 0.15) is 11.0 Å². The number of hydrogen-bond donors (Lipinski definition) is 2. The minimum Gasteiger partial charge on any atom is -0.431 e. The Morgan fingerprint density at radius 1 is 1.02 bits per heavy atom. The van der Waals surface area contributed by atoms with E-state index in [0.29, 0.717) is 55.3 Å². The molecule has 3 amide bonds. The van der Waals surface area contributed by atoms with Crippen LogP contribution in [0.4, 0.5) is 38.5 Å². The van der Waals surface area contributed by atoms with Crippen LogP contribution in [0.5, 0.6) is 5.75 Å². The molecular formula is C35H38F5N9O4S. The van der Waals surface area contributed by atoms with Crippen molar-refractivity contribution in [1.29, 1.82) is 0 Å². The van der Waals surface area contributed by atoms with Gasteiger partial charge in [0.15, 0.2) is 17.3 Å². The second-order valence-corrected chi connectivity index (χ2v) is 15.0. The zero-order chi connectivity index (χ0) is 38.1. The number of alkyl halides is 5. The summed E-state index contributed by atoms with van der Waals surface area (Å²) in [6, 6.07) is 13.2. The lowest BCUT2D eigenvalue weighted by atomic mass is 9.89. The molecule has 3 fully saturated rings. The second kappa shape index (κ2) is 15.5. The summed E-state index contributed by atoms with van der Waals surface area (Å²) >= 11 is 0. The number of nitrogens with zero attached hydrogens (tertiary/aromatic N) is 7. The number of likely N-dealkylation sites (tertiary alicyclic amines) is 1. The number of aromatic nitrogens is 4. The fraction of sp³-hybridized carbons (Fsp3) is 0.457. The lowest BCUT2D eigenvalue weighted by molar-refractivity contribution is -0.145. The van der Waals surface area contributed by atoms with Crippen molar-refractivity contribution in [1.82, 2.24) is 34.3 Å². The fourth-order valence-electron chi connectivity index (χ4n) is 7.23. The minimum atomic E-state index is -5.02. The molecule has 0 bridgehead atoms. The zero-order valence-corrected chi connectivity index (χ0v) is 30.0. The highest BCUT2D eigenvalue weighted by atomic mass is 32.2. The highest BCUT2D eigenvalue weighted by molar-refractivity contribution is 7.82. The maximum Gasteiger partial charge on any atom is 0.437 e. The lowest BCUT2D eigenvalue weighted by Crippen LogP contribution is -2.49. The molecule has 288 valence electrons. The number of hydrogen-bond acceptors (Lipinski definition) is 9. The summed E-state index contributed by atoms with van der Waals surface area (Å²) < 4.78 is 86.5. The summed E-state index contributed by atoms with van der Waals surface area (Å²) in [5.41, 5.74) is 1.58. The van der Waals surface area contributed by atoms with Crippen LogP contribution in [0.2, 0.25) is 0 Å². The Morgan fingerprint density at radius 3 is 2.48 bits per heavy atom. The number of rotatable bonds is 10. The predicted octanol–water partition coefficient (Wildman–Crippen LogP) is 5.41. The molecule has 1 unspecified atom stereocenters. The molecule has 0 aliphatic carbocycles. The largest absolute Gasteiger partial charge is 0.437 e. The molecule has 13 nitrogen and oxygen atoms in total. The molecule has 5 heterocycles. The second-order valence-electron chi connectivity index (χ2n) is 13.6. The van der Waals surface area contributed by atoms with Gasteiger partial charge in [-0.3, -0.25) is 24.6 Å². The quantitative estimate of drug-likeness (QED) is 0.203. The molecule has 7 rings (SSSR count). The van der Waals surface area contributed by atoms with Crippen molar-refractivity contribution in [3.63, 3.8) is 0 Å². The van der Waals surface area contributed by atoms with Gasteiger partial charge in [0.25, 0.3) is 0 Å². The Hall–Kier alpha value is -4.75. The van der Waals surface area contributed by atoms with Crippen molar-refractivity contribution < 1.29 is 40.5 Å². The van der Waals surface area contributed by atoms with Gasteiger partial charge in [-0.25, -0.2) is 23.3 Å². The summed E-state index contributed by atoms with van der Waals surface area (Å²) in [4.78, 5) is 35.8. The number of halogens is 5. The molecule has 0 saturated carbocycles. The van der Waals surface area contributed by atoms with Gasteiger partial charge in [-0.2, -0.15) is 27.1 Å². The van der Waals surface area contributed by atoms with Crippen molar-refractivity contribution in [2.24, 2.45) is 7.05 Å². The van der Waals surface area contributed by atoms with E-state index in [4.69, 9.17) is 0 Å². The molecule has 4 aromatic rings. The number of imide groups is 1. The predicted molar refractivity (Wildman–Crippen MR) is 188 cm³/mol. The van der Waals surface area contributed by atoms with Crippen molar-refractivity contribution >= 4 is 45.6 Å². The van der Waals surface area contributed by atoms with E-state index in [0.717, 1.165) is 42.4 Å². The van der Waals surface area contributed by atoms with Crippen molar-refractivity contribution in [3.05, 3.63) is 65.5 Å². The van der Waals surface area contributed by atoms with Crippen LogP contribution in [0.3, 0.4) is 0 Å². The minimum absolute atomic E-state index is 0.226. The molecule has 3 aliphatic rings. The van der Waals surface area contributed by atoms with Crippen molar-refractivity contribution in [2.45, 2.75) is 68.3 Å². The van der Waals surface area contributed by atoms with Crippen LogP contribution in [-0.2, 0) is 35.5 Å². The number of carbonyl (C=O) groups excluding carboxylic acids is 2. The molecule has 1 atom stereocenters. The third-order valence-electron chi connectivity index (χ3n) is 9.99. The number of amides is 3. The average molecular weight is 776 g/mol. The summed E-state index contributed by atoms with van der Waals surface area (Å²) in [7, 11) is 0.400. The third-order valence-corrected chi connectivity index (χ3v) is 11.5. The fourth-order valence-corrected chi connectivity index (χ4v) is 8.52. The Morgan fingerprint density at radius 2 is 1.78 bits per heavy atom. The van der Waals surface area contributed by atoms with Gasteiger partial charge in [-0.1, -0.05) is 18.2 Å². The SMILES string of the molecule is Cn1nc(N2CCC(=O)NC2=O)c2ccc(C3CCN(Cc4cccc(S(=O)N5CCC(Nc6ncc(OC(F)F)c(C(F)(F)F)n6)CC5)c4)CC3)cc21. The topological polar surface area (TPSA) is 138 Å². The summed E-state index contributed by atoms with van der Waals surface area (Å²) in [5.74, 6) is -0.902. The molecule has 2 aromatic carbocycles. The molecule has 2 aromatic heterocycles. The molecule has 3 aliphatic heterocycles. The van der Waals surface area contributed by atoms with Crippen LogP contribution >= 0.6 is 0 Å². The van der Waals surface area contributed by atoms with Crippen LogP contribution in [0.25, 0.3) is 10.9 Å². The van der Waals surface area contributed by atoms with Gasteiger partial charge in [-0.05, 0) is 80.1 Å². The number of urea groups is 1. The first-order chi connectivity index (χ1) is 25.8. The van der Waals surface area contributed by atoms with Gasteiger partial charge in [0, 0.05) is 51.1 Å². The van der Waals surface area contributed by atoms with Gasteiger partial charge < -0.3 is 10.1 Å². The van der Waals surface area contributed by atoms with Crippen LogP contribution < -0.4 is 20.3 Å². The molecule has 3 saturated heterocycles. The summed E-state index contributed by atoms with van der Waals surface area (Å²) in [5, 5.41) is 10.7. The first kappa shape index (κ1) is 37.6. The van der Waals surface area contributed by atoms with E-state index in [2.05, 4.69) is 47.5 Å². The van der Waals surface area contributed by atoms with Crippen LogP contribution in [0.1, 0.15) is 54.8 Å². The standard InChI is InChI=1S/C35H38F5N9O4S/c1-46-27-18-23(5-6-26(27)31(45-46)49-16-11-29(50)43-34(49)51)22-7-12-47(13-8-22)20-21-3-2-4-25(17-21)54(52)48-14-9-24(10-15-48)42-33-41-19-28(53-32(36)37)30(44-33)35(38,39)40/h2-6,17-19,22,24,32H,7-16,20H2,1H3,(H,41,42,44)(H,43,50,51). The first-order valence-electron chi connectivity index (χ1n) is 17.5. The van der Waals surface area contributed by atoms with Crippen molar-refractivity contribution in [2.75, 3.05) is 42.9 Å². The Kier molecular flexibility index (Phi) is 10.8. The number of nitrogens with one attached hydrogen (secondary N) is 2. The molecule has 0 spiro atoms. The molecule has 2 N–H and O–H groups in total. The molecule has 0 radical (unpaired) electrons. The lowest BCUT2D eigenvalue weighted by Gasteiger charge is -2.33. The molecule has 19 heteroatoms. The number of fused-ring (bicyclic) bond motifs is 1. The Labute approximate surface area is 309 Å². The number of piperidine rings is 2. The highest BCUT2D eigenvalue weighted by Gasteiger charge is 2.38. The van der Waals surface area contributed by atoms with Crippen LogP contribution in [0.15, 0.2) is 53.6 Å². The highest BCUT2D eigenvalue weighted by Crippen LogP contribution is 2.36. The van der Waals surface area contributed by atoms with E-state index < -0.39 is 41.2 Å². The average Bonchev–Trinajstić information content (AvgIpc) is 3.47. The monoisotopic (exact) mass is 775 g/mol. The van der Waals surface area contributed by atoms with E-state index in [1.165, 1.54) is 10.5 Å². The summed E-state index contributed by atoms with van der Waals surface area (Å²) in [6.07, 6.45) is -1.40. The zero-order valence-electron chi connectivity index (χ0n) is 29.2. The number of aryl methyl sites for hydroxylation is 1. The van der Waals surface area contributed by atoms with E-state index in [-0.39, 0.29) is 30.9 Å². The molecule has 54 heavy (non-hydrogen) atoms. The summed E-state index contributed by atoms with van der Waals surface area (Å²) in [6.45, 7) is 0.102. The maximum absolute atomic E-state index is 13.6. The Bertz CT molecular complexity index is 2050. The van der Waals surface area contributed by atoms with Gasteiger partial charge in [0.05, 0.1) is 16.6 Å². The molecular weight excluding hydrogens is 738 g/mol. The first-order valence-corrected chi connectivity index (χ1v) is 18.6. The van der Waals surface area contributed by atoms with E-state index in [9.17, 15) is 35.8 Å². The van der Waals surface area contributed by atoms with Crippen LogP contribution in [-0.4, -0.2) is 90.5 Å². The van der Waals surface area contributed by atoms with Crippen molar-refractivity contribution in [3.8, 4) is 5.75 Å². The van der Waals surface area contributed by atoms with Gasteiger partial charge in [-0.15, -0.1) is 0 Å². The number of benzene rings is 2. The number of anilines is 2. The smallest absolute Gasteiger partial charge is 0.431 e. The number of ether oxygens (including phenoxy) is 1. The van der Waals surface area contributed by atoms with Crippen LogP contribution in [0, 0.1) is 0 Å². The van der Waals surface area contributed by atoms with Gasteiger partial charge in [0.2, 0.25) is 11.9 Å². The van der Waals surface area contributed by atoms with E-state index in [1.807, 2.05) is 41.7 Å². The van der Waals surface area contributed by atoms with E-state index >= 15 is 0 Å². The normalized spacial score (nSPS) is 19.1. The maximum atomic E-state index is 13.6. The number of carbonyl (C=O) groups is 2. The van der Waals surface area contributed by atoms with Gasteiger partial charge >= 0.3 is 18.8 Å². The Balaban J connectivity index is 0.912. The third kappa shape index (κ3) is 8.32. The van der Waals surface area contributed by atoms with E-state index in [1.54, 1.807) is 4.68 Å².